The number of aromatic nitrogens is 1. The molecule has 2 rings (SSSR count). The highest BCUT2D eigenvalue weighted by atomic mass is 16.6. The van der Waals surface area contributed by atoms with Crippen LogP contribution in [0.2, 0.25) is 0 Å². The van der Waals surface area contributed by atoms with Gasteiger partial charge in [0.1, 0.15) is 5.52 Å². The minimum atomic E-state index is -0.386. The van der Waals surface area contributed by atoms with E-state index in [0.29, 0.717) is 11.6 Å². The fourth-order valence-corrected chi connectivity index (χ4v) is 2.38. The third-order valence-corrected chi connectivity index (χ3v) is 3.43. The van der Waals surface area contributed by atoms with Crippen molar-refractivity contribution in [1.29, 1.82) is 0 Å². The zero-order valence-corrected chi connectivity index (χ0v) is 11.8. The van der Waals surface area contributed by atoms with Crippen LogP contribution in [0.1, 0.15) is 33.1 Å². The summed E-state index contributed by atoms with van der Waals surface area (Å²) in [7, 11) is 0. The maximum absolute atomic E-state index is 11.1. The van der Waals surface area contributed by atoms with Gasteiger partial charge in [-0.15, -0.1) is 0 Å². The molecule has 0 saturated carbocycles. The Morgan fingerprint density at radius 3 is 2.80 bits per heavy atom. The van der Waals surface area contributed by atoms with Crippen LogP contribution in [0.25, 0.3) is 10.9 Å². The predicted octanol–water partition coefficient (Wildman–Crippen LogP) is 4.13. The lowest BCUT2D eigenvalue weighted by molar-refractivity contribution is -0.383. The number of anilines is 1. The summed E-state index contributed by atoms with van der Waals surface area (Å²) < 4.78 is 0. The Balaban J connectivity index is 2.45. The van der Waals surface area contributed by atoms with Gasteiger partial charge in [0.05, 0.1) is 4.92 Å². The standard InChI is InChI=1S/C15H19N3O2/c1-3-6-11(4-2)17-13-8-9-14(18(19)20)15-12(13)7-5-10-16-15/h5,7-11,17H,3-4,6H2,1-2H3. The lowest BCUT2D eigenvalue weighted by atomic mass is 10.1. The first-order valence-corrected chi connectivity index (χ1v) is 6.96. The first-order valence-electron chi connectivity index (χ1n) is 6.96. The van der Waals surface area contributed by atoms with Crippen molar-refractivity contribution in [2.75, 3.05) is 5.32 Å². The average Bonchev–Trinajstić information content (AvgIpc) is 2.46. The van der Waals surface area contributed by atoms with Crippen LogP contribution in [0.4, 0.5) is 11.4 Å². The zero-order valence-electron chi connectivity index (χ0n) is 11.8. The highest BCUT2D eigenvalue weighted by molar-refractivity contribution is 5.96. The van der Waals surface area contributed by atoms with Crippen LogP contribution < -0.4 is 5.32 Å². The van der Waals surface area contributed by atoms with E-state index in [2.05, 4.69) is 24.1 Å². The fourth-order valence-electron chi connectivity index (χ4n) is 2.38. The van der Waals surface area contributed by atoms with E-state index >= 15 is 0 Å². The Morgan fingerprint density at radius 2 is 2.15 bits per heavy atom. The summed E-state index contributed by atoms with van der Waals surface area (Å²) in [4.78, 5) is 14.8. The number of pyridine rings is 1. The number of nitro benzene ring substituents is 1. The number of rotatable bonds is 6. The first-order chi connectivity index (χ1) is 9.67. The Kier molecular flexibility index (Phi) is 4.50. The lowest BCUT2D eigenvalue weighted by Crippen LogP contribution is -2.18. The summed E-state index contributed by atoms with van der Waals surface area (Å²) in [6.45, 7) is 4.29. The van der Waals surface area contributed by atoms with Crippen molar-refractivity contribution in [2.45, 2.75) is 39.2 Å². The quantitative estimate of drug-likeness (QED) is 0.634. The molecule has 1 atom stereocenters. The van der Waals surface area contributed by atoms with Gasteiger partial charge in [0.2, 0.25) is 0 Å². The zero-order chi connectivity index (χ0) is 14.5. The molecule has 2 aromatic rings. The molecule has 0 amide bonds. The molecule has 1 N–H and O–H groups in total. The van der Waals surface area contributed by atoms with Gasteiger partial charge < -0.3 is 5.32 Å². The van der Waals surface area contributed by atoms with E-state index in [0.717, 1.165) is 30.3 Å². The highest BCUT2D eigenvalue weighted by Crippen LogP contribution is 2.30. The van der Waals surface area contributed by atoms with Crippen LogP contribution in [-0.4, -0.2) is 15.9 Å². The number of hydrogen-bond donors (Lipinski definition) is 1. The molecule has 1 unspecified atom stereocenters. The van der Waals surface area contributed by atoms with E-state index in [4.69, 9.17) is 0 Å². The summed E-state index contributed by atoms with van der Waals surface area (Å²) in [6, 6.07) is 7.36. The van der Waals surface area contributed by atoms with Crippen molar-refractivity contribution < 1.29 is 4.92 Å². The van der Waals surface area contributed by atoms with E-state index in [1.165, 1.54) is 6.07 Å². The summed E-state index contributed by atoms with van der Waals surface area (Å²) in [5.74, 6) is 0. The van der Waals surface area contributed by atoms with Gasteiger partial charge in [-0.25, -0.2) is 4.98 Å². The summed E-state index contributed by atoms with van der Waals surface area (Å²) in [5.41, 5.74) is 1.41. The molecule has 5 heteroatoms. The maximum Gasteiger partial charge on any atom is 0.295 e. The molecule has 0 aliphatic heterocycles. The second-order valence-electron chi connectivity index (χ2n) is 4.83. The van der Waals surface area contributed by atoms with Crippen LogP contribution in [0, 0.1) is 10.1 Å². The van der Waals surface area contributed by atoms with Gasteiger partial charge in [-0.2, -0.15) is 0 Å². The number of fused-ring (bicyclic) bond motifs is 1. The molecule has 5 nitrogen and oxygen atoms in total. The average molecular weight is 273 g/mol. The van der Waals surface area contributed by atoms with Crippen molar-refractivity contribution in [3.05, 3.63) is 40.6 Å². The number of benzene rings is 1. The molecular formula is C15H19N3O2. The summed E-state index contributed by atoms with van der Waals surface area (Å²) in [5, 5.41) is 15.3. The third-order valence-electron chi connectivity index (χ3n) is 3.43. The van der Waals surface area contributed by atoms with Gasteiger partial charge in [0, 0.05) is 29.4 Å². The molecule has 0 radical (unpaired) electrons. The number of nitrogens with one attached hydrogen (secondary N) is 1. The molecule has 0 aliphatic rings. The molecule has 1 aromatic carbocycles. The summed E-state index contributed by atoms with van der Waals surface area (Å²) in [6.07, 6.45) is 4.79. The van der Waals surface area contributed by atoms with Crippen LogP contribution >= 0.6 is 0 Å². The van der Waals surface area contributed by atoms with Gasteiger partial charge in [0.25, 0.3) is 5.69 Å². The molecule has 1 aromatic heterocycles. The largest absolute Gasteiger partial charge is 0.382 e. The van der Waals surface area contributed by atoms with E-state index in [1.807, 2.05) is 6.07 Å². The van der Waals surface area contributed by atoms with Gasteiger partial charge >= 0.3 is 0 Å². The van der Waals surface area contributed by atoms with Gasteiger partial charge in [0.15, 0.2) is 0 Å². The van der Waals surface area contributed by atoms with Gasteiger partial charge in [-0.3, -0.25) is 10.1 Å². The van der Waals surface area contributed by atoms with Gasteiger partial charge in [-0.05, 0) is 31.0 Å². The Morgan fingerprint density at radius 1 is 1.35 bits per heavy atom. The maximum atomic E-state index is 11.1. The first kappa shape index (κ1) is 14.2. The van der Waals surface area contributed by atoms with Crippen LogP contribution in [-0.2, 0) is 0 Å². The van der Waals surface area contributed by atoms with Crippen LogP contribution in [0.5, 0.6) is 0 Å². The van der Waals surface area contributed by atoms with Crippen molar-refractivity contribution >= 4 is 22.3 Å². The van der Waals surface area contributed by atoms with E-state index in [9.17, 15) is 10.1 Å². The van der Waals surface area contributed by atoms with Crippen molar-refractivity contribution in [3.8, 4) is 0 Å². The number of nitrogens with zero attached hydrogens (tertiary/aromatic N) is 2. The fraction of sp³-hybridized carbons (Fsp3) is 0.400. The van der Waals surface area contributed by atoms with Crippen molar-refractivity contribution in [2.24, 2.45) is 0 Å². The van der Waals surface area contributed by atoms with Crippen LogP contribution in [0.3, 0.4) is 0 Å². The topological polar surface area (TPSA) is 68.1 Å². The molecular weight excluding hydrogens is 254 g/mol. The Bertz CT molecular complexity index is 613. The Labute approximate surface area is 118 Å². The second-order valence-corrected chi connectivity index (χ2v) is 4.83. The number of nitro groups is 1. The molecule has 0 saturated heterocycles. The lowest BCUT2D eigenvalue weighted by Gasteiger charge is -2.18. The minimum absolute atomic E-state index is 0.0506. The third kappa shape index (κ3) is 2.87. The normalized spacial score (nSPS) is 12.3. The molecule has 0 spiro atoms. The molecule has 1 heterocycles. The minimum Gasteiger partial charge on any atom is -0.382 e. The van der Waals surface area contributed by atoms with E-state index in [-0.39, 0.29) is 10.6 Å². The molecule has 20 heavy (non-hydrogen) atoms. The van der Waals surface area contributed by atoms with Crippen molar-refractivity contribution in [1.82, 2.24) is 4.98 Å². The smallest absolute Gasteiger partial charge is 0.295 e. The molecule has 0 aliphatic carbocycles. The molecule has 0 fully saturated rings. The second kappa shape index (κ2) is 6.32. The SMILES string of the molecule is CCCC(CC)Nc1ccc([N+](=O)[O-])c2ncccc12. The van der Waals surface area contributed by atoms with E-state index in [1.54, 1.807) is 18.3 Å². The Hall–Kier alpha value is -2.17. The monoisotopic (exact) mass is 273 g/mol. The predicted molar refractivity (Wildman–Crippen MR) is 81.0 cm³/mol. The highest BCUT2D eigenvalue weighted by Gasteiger charge is 2.16. The molecule has 0 bridgehead atoms. The number of non-ortho nitro benzene ring substituents is 1. The summed E-state index contributed by atoms with van der Waals surface area (Å²) >= 11 is 0. The van der Waals surface area contributed by atoms with Crippen LogP contribution in [0.15, 0.2) is 30.5 Å². The number of hydrogen-bond acceptors (Lipinski definition) is 4. The van der Waals surface area contributed by atoms with Gasteiger partial charge in [-0.1, -0.05) is 20.3 Å². The van der Waals surface area contributed by atoms with Crippen molar-refractivity contribution in [3.63, 3.8) is 0 Å². The molecule has 106 valence electrons. The van der Waals surface area contributed by atoms with E-state index < -0.39 is 0 Å².